The molecule has 0 aromatic heterocycles. The van der Waals surface area contributed by atoms with Crippen molar-refractivity contribution >= 4 is 23.4 Å². The van der Waals surface area contributed by atoms with Crippen molar-refractivity contribution in [1.29, 1.82) is 0 Å². The maximum Gasteiger partial charge on any atom is 0.321 e. The number of imide groups is 1. The topological polar surface area (TPSA) is 87.3 Å². The molecule has 3 rings (SSSR count). The molecule has 2 aliphatic rings. The number of amides is 3. The number of anilines is 1. The number of rotatable bonds is 6. The van der Waals surface area contributed by atoms with E-state index >= 15 is 0 Å². The van der Waals surface area contributed by atoms with Crippen molar-refractivity contribution in [2.75, 3.05) is 11.9 Å². The highest BCUT2D eigenvalue weighted by molar-refractivity contribution is 5.97. The number of carbonyl (C=O) groups is 3. The monoisotopic (exact) mass is 357 g/mol. The fourth-order valence-corrected chi connectivity index (χ4v) is 4.46. The molecule has 3 amide bonds. The molecule has 2 bridgehead atoms. The third-order valence-electron chi connectivity index (χ3n) is 5.77. The second-order valence-corrected chi connectivity index (χ2v) is 7.64. The van der Waals surface area contributed by atoms with Gasteiger partial charge in [-0.3, -0.25) is 14.9 Å². The van der Waals surface area contributed by atoms with Crippen molar-refractivity contribution < 1.29 is 14.4 Å². The predicted octanol–water partition coefficient (Wildman–Crippen LogP) is 2.95. The first-order valence-electron chi connectivity index (χ1n) is 9.37. The van der Waals surface area contributed by atoms with Crippen molar-refractivity contribution in [3.8, 4) is 0 Å². The number of benzene rings is 1. The first-order chi connectivity index (χ1) is 12.4. The lowest BCUT2D eigenvalue weighted by Gasteiger charge is -2.28. The van der Waals surface area contributed by atoms with Crippen LogP contribution in [-0.2, 0) is 4.79 Å². The minimum Gasteiger partial charge on any atom is -0.376 e. The van der Waals surface area contributed by atoms with Crippen LogP contribution in [0.25, 0.3) is 0 Å². The number of Topliss-reactive ketones (excluding diaryl/α,β-unsaturated/α-hetero) is 1. The van der Waals surface area contributed by atoms with Crippen LogP contribution in [0, 0.1) is 17.8 Å². The second kappa shape index (κ2) is 7.89. The Kier molecular flexibility index (Phi) is 5.59. The number of fused-ring (bicyclic) bond motifs is 2. The third-order valence-corrected chi connectivity index (χ3v) is 5.77. The molecule has 2 saturated carbocycles. The molecule has 3 N–H and O–H groups in total. The van der Waals surface area contributed by atoms with Crippen molar-refractivity contribution in [2.45, 2.75) is 45.6 Å². The largest absolute Gasteiger partial charge is 0.376 e. The lowest BCUT2D eigenvalue weighted by Crippen LogP contribution is -2.48. The van der Waals surface area contributed by atoms with Crippen molar-refractivity contribution in [3.63, 3.8) is 0 Å². The van der Waals surface area contributed by atoms with Gasteiger partial charge >= 0.3 is 6.03 Å². The van der Waals surface area contributed by atoms with E-state index < -0.39 is 11.9 Å². The Morgan fingerprint density at radius 3 is 2.65 bits per heavy atom. The zero-order chi connectivity index (χ0) is 18.7. The van der Waals surface area contributed by atoms with Gasteiger partial charge in [-0.1, -0.05) is 18.6 Å². The molecule has 1 aromatic rings. The molecule has 0 heterocycles. The van der Waals surface area contributed by atoms with E-state index in [9.17, 15) is 14.4 Å². The first-order valence-corrected chi connectivity index (χ1v) is 9.37. The smallest absolute Gasteiger partial charge is 0.321 e. The highest BCUT2D eigenvalue weighted by Crippen LogP contribution is 2.49. The van der Waals surface area contributed by atoms with E-state index in [0.717, 1.165) is 11.8 Å². The summed E-state index contributed by atoms with van der Waals surface area (Å²) in [4.78, 5) is 35.4. The highest BCUT2D eigenvalue weighted by Gasteiger charge is 2.42. The Morgan fingerprint density at radius 2 is 2.00 bits per heavy atom. The third kappa shape index (κ3) is 4.42. The van der Waals surface area contributed by atoms with Gasteiger partial charge in [0, 0.05) is 17.3 Å². The zero-order valence-corrected chi connectivity index (χ0v) is 15.4. The van der Waals surface area contributed by atoms with E-state index in [2.05, 4.69) is 16.0 Å². The molecule has 4 atom stereocenters. The molecule has 0 spiro atoms. The van der Waals surface area contributed by atoms with E-state index in [-0.39, 0.29) is 18.4 Å². The van der Waals surface area contributed by atoms with E-state index in [4.69, 9.17) is 0 Å². The molecule has 6 nitrogen and oxygen atoms in total. The lowest BCUT2D eigenvalue weighted by atomic mass is 9.84. The predicted molar refractivity (Wildman–Crippen MR) is 100 cm³/mol. The summed E-state index contributed by atoms with van der Waals surface area (Å²) in [5.74, 6) is 1.64. The minimum atomic E-state index is -0.440. The number of urea groups is 1. The molecule has 26 heavy (non-hydrogen) atoms. The van der Waals surface area contributed by atoms with Gasteiger partial charge in [0.25, 0.3) is 0 Å². The van der Waals surface area contributed by atoms with Crippen molar-refractivity contribution in [2.24, 2.45) is 17.8 Å². The summed E-state index contributed by atoms with van der Waals surface area (Å²) < 4.78 is 0. The molecule has 6 heteroatoms. The van der Waals surface area contributed by atoms with Gasteiger partial charge in [0.05, 0.1) is 6.54 Å². The van der Waals surface area contributed by atoms with E-state index in [1.54, 1.807) is 24.3 Å². The Hall–Kier alpha value is -2.37. The van der Waals surface area contributed by atoms with E-state index in [0.29, 0.717) is 17.2 Å². The molecule has 0 saturated heterocycles. The van der Waals surface area contributed by atoms with Crippen LogP contribution in [0.5, 0.6) is 0 Å². The number of hydrogen-bond donors (Lipinski definition) is 3. The number of nitrogens with one attached hydrogen (secondary N) is 3. The molecule has 1 aromatic carbocycles. The molecular weight excluding hydrogens is 330 g/mol. The molecule has 0 unspecified atom stereocenters. The Labute approximate surface area is 154 Å². The van der Waals surface area contributed by atoms with Crippen LogP contribution >= 0.6 is 0 Å². The lowest BCUT2D eigenvalue weighted by molar-refractivity contribution is -0.118. The van der Waals surface area contributed by atoms with Gasteiger partial charge < -0.3 is 10.6 Å². The molecule has 2 fully saturated rings. The van der Waals surface area contributed by atoms with E-state index in [1.807, 2.05) is 6.92 Å². The summed E-state index contributed by atoms with van der Waals surface area (Å²) in [6.45, 7) is 3.49. The minimum absolute atomic E-state index is 0.0305. The van der Waals surface area contributed by atoms with Crippen LogP contribution in [-0.4, -0.2) is 30.3 Å². The van der Waals surface area contributed by atoms with Gasteiger partial charge in [-0.05, 0) is 63.0 Å². The maximum absolute atomic E-state index is 12.1. The van der Waals surface area contributed by atoms with Crippen LogP contribution in [0.1, 0.15) is 49.9 Å². The van der Waals surface area contributed by atoms with Gasteiger partial charge in [0.1, 0.15) is 0 Å². The Bertz CT molecular complexity index is 703. The van der Waals surface area contributed by atoms with Crippen molar-refractivity contribution in [1.82, 2.24) is 10.6 Å². The SMILES string of the molecule is CC(=O)c1cccc(NCC(=O)NC(=O)N[C@@H](C)[C@H]2C[C@H]3CC[C@H]2C3)c1. The maximum atomic E-state index is 12.1. The Balaban J connectivity index is 1.42. The van der Waals surface area contributed by atoms with Crippen molar-refractivity contribution in [3.05, 3.63) is 29.8 Å². The number of ketones is 1. The molecule has 0 radical (unpaired) electrons. The summed E-state index contributed by atoms with van der Waals surface area (Å²) in [6, 6.07) is 6.57. The second-order valence-electron chi connectivity index (χ2n) is 7.64. The van der Waals surface area contributed by atoms with Crippen LogP contribution in [0.3, 0.4) is 0 Å². The number of carbonyl (C=O) groups excluding carboxylic acids is 3. The Morgan fingerprint density at radius 1 is 1.19 bits per heavy atom. The van der Waals surface area contributed by atoms with Crippen LogP contribution in [0.15, 0.2) is 24.3 Å². The molecule has 0 aliphatic heterocycles. The quantitative estimate of drug-likeness (QED) is 0.683. The standard InChI is InChI=1S/C20H27N3O3/c1-12(18-9-14-6-7-16(18)8-14)22-20(26)23-19(25)11-21-17-5-3-4-15(10-17)13(2)24/h3-5,10,12,14,16,18,21H,6-9,11H2,1-2H3,(H2,22,23,25,26)/t12-,14-,16-,18+/m0/s1. The normalized spacial score (nSPS) is 24.8. The average molecular weight is 357 g/mol. The molecular formula is C20H27N3O3. The summed E-state index contributed by atoms with van der Waals surface area (Å²) in [7, 11) is 0. The summed E-state index contributed by atoms with van der Waals surface area (Å²) in [6.07, 6.45) is 5.08. The van der Waals surface area contributed by atoms with Gasteiger partial charge in [-0.15, -0.1) is 0 Å². The van der Waals surface area contributed by atoms with Gasteiger partial charge in [0.2, 0.25) is 5.91 Å². The van der Waals surface area contributed by atoms with Gasteiger partial charge in [-0.25, -0.2) is 4.79 Å². The van der Waals surface area contributed by atoms with Gasteiger partial charge in [-0.2, -0.15) is 0 Å². The van der Waals surface area contributed by atoms with Crippen LogP contribution < -0.4 is 16.0 Å². The summed E-state index contributed by atoms with van der Waals surface area (Å²) in [5.41, 5.74) is 1.25. The summed E-state index contributed by atoms with van der Waals surface area (Å²) >= 11 is 0. The fraction of sp³-hybridized carbons (Fsp3) is 0.550. The number of hydrogen-bond acceptors (Lipinski definition) is 4. The van der Waals surface area contributed by atoms with E-state index in [1.165, 1.54) is 32.6 Å². The van der Waals surface area contributed by atoms with Crippen LogP contribution in [0.4, 0.5) is 10.5 Å². The highest BCUT2D eigenvalue weighted by atomic mass is 16.2. The summed E-state index contributed by atoms with van der Waals surface area (Å²) in [5, 5.41) is 8.22. The first kappa shape index (κ1) is 18.4. The zero-order valence-electron chi connectivity index (χ0n) is 15.4. The van der Waals surface area contributed by atoms with Crippen LogP contribution in [0.2, 0.25) is 0 Å². The fourth-order valence-electron chi connectivity index (χ4n) is 4.46. The average Bonchev–Trinajstić information content (AvgIpc) is 3.23. The van der Waals surface area contributed by atoms with Gasteiger partial charge in [0.15, 0.2) is 5.78 Å². The molecule has 140 valence electrons. The molecule has 2 aliphatic carbocycles.